The third-order valence-corrected chi connectivity index (χ3v) is 2.25. The van der Waals surface area contributed by atoms with Crippen molar-refractivity contribution >= 4 is 5.97 Å². The first-order valence-corrected chi connectivity index (χ1v) is 6.06. The molecule has 0 aromatic heterocycles. The van der Waals surface area contributed by atoms with Crippen LogP contribution >= 0.6 is 0 Å². The summed E-state index contributed by atoms with van der Waals surface area (Å²) in [6, 6.07) is 6.24. The van der Waals surface area contributed by atoms with E-state index in [1.165, 1.54) is 6.07 Å². The van der Waals surface area contributed by atoms with Gasteiger partial charge in [0.25, 0.3) is 0 Å². The van der Waals surface area contributed by atoms with Crippen molar-refractivity contribution in [2.45, 2.75) is 26.9 Å². The molecule has 0 spiro atoms. The number of esters is 1. The predicted molar refractivity (Wildman–Crippen MR) is 66.5 cm³/mol. The van der Waals surface area contributed by atoms with Gasteiger partial charge in [-0.15, -0.1) is 0 Å². The van der Waals surface area contributed by atoms with Gasteiger partial charge in [0.1, 0.15) is 12.4 Å². The molecule has 0 saturated heterocycles. The number of rotatable bonds is 7. The lowest BCUT2D eigenvalue weighted by atomic mass is 10.2. The number of ether oxygens (including phenoxy) is 2. The summed E-state index contributed by atoms with van der Waals surface area (Å²) in [5.41, 5.74) is 0.383. The fourth-order valence-electron chi connectivity index (χ4n) is 1.32. The van der Waals surface area contributed by atoms with E-state index in [9.17, 15) is 9.18 Å². The third kappa shape index (κ3) is 5.77. The number of carbonyl (C=O) groups is 1. The average molecular weight is 254 g/mol. The first-order valence-electron chi connectivity index (χ1n) is 6.06. The Kier molecular flexibility index (Phi) is 6.36. The zero-order valence-corrected chi connectivity index (χ0v) is 10.8. The third-order valence-electron chi connectivity index (χ3n) is 2.25. The Morgan fingerprint density at radius 3 is 2.72 bits per heavy atom. The van der Waals surface area contributed by atoms with Crippen LogP contribution in [-0.4, -0.2) is 19.2 Å². The van der Waals surface area contributed by atoms with Gasteiger partial charge >= 0.3 is 5.97 Å². The van der Waals surface area contributed by atoms with E-state index in [-0.39, 0.29) is 24.8 Å². The van der Waals surface area contributed by atoms with Crippen molar-refractivity contribution in [3.8, 4) is 0 Å². The minimum atomic E-state index is -0.373. The van der Waals surface area contributed by atoms with E-state index < -0.39 is 0 Å². The SMILES string of the molecule is CC(C)COCCC(=O)OCc1ccccc1F. The largest absolute Gasteiger partial charge is 0.461 e. The Morgan fingerprint density at radius 2 is 2.06 bits per heavy atom. The molecule has 18 heavy (non-hydrogen) atoms. The second-order valence-electron chi connectivity index (χ2n) is 4.47. The summed E-state index contributed by atoms with van der Waals surface area (Å²) in [5, 5.41) is 0. The topological polar surface area (TPSA) is 35.5 Å². The Morgan fingerprint density at radius 1 is 1.33 bits per heavy atom. The summed E-state index contributed by atoms with van der Waals surface area (Å²) in [6.45, 7) is 5.01. The van der Waals surface area contributed by atoms with Crippen LogP contribution in [-0.2, 0) is 20.9 Å². The van der Waals surface area contributed by atoms with E-state index in [0.717, 1.165) is 0 Å². The van der Waals surface area contributed by atoms with Gasteiger partial charge in [0.2, 0.25) is 0 Å². The smallest absolute Gasteiger partial charge is 0.308 e. The van der Waals surface area contributed by atoms with E-state index in [1.807, 2.05) is 13.8 Å². The second kappa shape index (κ2) is 7.82. The number of hydrogen-bond donors (Lipinski definition) is 0. The lowest BCUT2D eigenvalue weighted by Crippen LogP contribution is -2.11. The van der Waals surface area contributed by atoms with E-state index in [0.29, 0.717) is 24.7 Å². The van der Waals surface area contributed by atoms with Crippen LogP contribution in [0.15, 0.2) is 24.3 Å². The first-order chi connectivity index (χ1) is 8.59. The molecule has 1 aromatic rings. The fraction of sp³-hybridized carbons (Fsp3) is 0.500. The molecule has 0 aliphatic heterocycles. The van der Waals surface area contributed by atoms with E-state index in [1.54, 1.807) is 18.2 Å². The van der Waals surface area contributed by atoms with Crippen LogP contribution in [0.1, 0.15) is 25.8 Å². The van der Waals surface area contributed by atoms with Crippen molar-refractivity contribution in [2.75, 3.05) is 13.2 Å². The molecular formula is C14H19FO3. The lowest BCUT2D eigenvalue weighted by Gasteiger charge is -2.07. The molecule has 4 heteroatoms. The summed E-state index contributed by atoms with van der Waals surface area (Å²) in [4.78, 5) is 11.3. The highest BCUT2D eigenvalue weighted by Gasteiger charge is 2.06. The number of benzene rings is 1. The molecular weight excluding hydrogens is 235 g/mol. The van der Waals surface area contributed by atoms with Crippen molar-refractivity contribution in [3.05, 3.63) is 35.6 Å². The molecule has 1 aromatic carbocycles. The molecule has 0 atom stereocenters. The standard InChI is InChI=1S/C14H19FO3/c1-11(2)9-17-8-7-14(16)18-10-12-5-3-4-6-13(12)15/h3-6,11H,7-10H2,1-2H3. The minimum absolute atomic E-state index is 0.0321. The zero-order valence-electron chi connectivity index (χ0n) is 10.8. The van der Waals surface area contributed by atoms with Crippen LogP contribution in [0.2, 0.25) is 0 Å². The average Bonchev–Trinajstić information content (AvgIpc) is 2.33. The summed E-state index contributed by atoms with van der Waals surface area (Å²) in [5.74, 6) is -0.289. The highest BCUT2D eigenvalue weighted by Crippen LogP contribution is 2.08. The van der Waals surface area contributed by atoms with Crippen LogP contribution in [0.3, 0.4) is 0 Å². The maximum atomic E-state index is 13.2. The molecule has 100 valence electrons. The number of hydrogen-bond acceptors (Lipinski definition) is 3. The molecule has 0 fully saturated rings. The Bertz CT molecular complexity index is 377. The molecule has 0 aliphatic carbocycles. The molecule has 0 heterocycles. The summed E-state index contributed by atoms with van der Waals surface area (Å²) < 4.78 is 23.4. The van der Waals surface area contributed by atoms with Crippen molar-refractivity contribution in [3.63, 3.8) is 0 Å². The molecule has 1 rings (SSSR count). The van der Waals surface area contributed by atoms with Crippen LogP contribution < -0.4 is 0 Å². The van der Waals surface area contributed by atoms with Crippen LogP contribution in [0, 0.1) is 11.7 Å². The number of halogens is 1. The Balaban J connectivity index is 2.19. The molecule has 0 radical (unpaired) electrons. The highest BCUT2D eigenvalue weighted by molar-refractivity contribution is 5.69. The molecule has 0 amide bonds. The molecule has 0 aliphatic rings. The van der Waals surface area contributed by atoms with Crippen LogP contribution in [0.25, 0.3) is 0 Å². The normalized spacial score (nSPS) is 10.7. The molecule has 0 unspecified atom stereocenters. The number of carbonyl (C=O) groups excluding carboxylic acids is 1. The quantitative estimate of drug-likeness (QED) is 0.554. The maximum Gasteiger partial charge on any atom is 0.308 e. The summed E-state index contributed by atoms with van der Waals surface area (Å²) in [7, 11) is 0. The molecule has 0 bridgehead atoms. The van der Waals surface area contributed by atoms with Crippen molar-refractivity contribution in [1.82, 2.24) is 0 Å². The van der Waals surface area contributed by atoms with Gasteiger partial charge in [-0.05, 0) is 12.0 Å². The van der Waals surface area contributed by atoms with Gasteiger partial charge in [-0.2, -0.15) is 0 Å². The van der Waals surface area contributed by atoms with Crippen molar-refractivity contribution in [2.24, 2.45) is 5.92 Å². The highest BCUT2D eigenvalue weighted by atomic mass is 19.1. The molecule has 0 N–H and O–H groups in total. The van der Waals surface area contributed by atoms with Crippen LogP contribution in [0.5, 0.6) is 0 Å². The van der Waals surface area contributed by atoms with Gasteiger partial charge in [0, 0.05) is 12.2 Å². The molecule has 0 saturated carbocycles. The maximum absolute atomic E-state index is 13.2. The van der Waals surface area contributed by atoms with Crippen molar-refractivity contribution in [1.29, 1.82) is 0 Å². The summed E-state index contributed by atoms with van der Waals surface area (Å²) >= 11 is 0. The van der Waals surface area contributed by atoms with Gasteiger partial charge in [-0.1, -0.05) is 32.0 Å². The Labute approximate surface area is 107 Å². The fourth-order valence-corrected chi connectivity index (χ4v) is 1.32. The van der Waals surface area contributed by atoms with Crippen LogP contribution in [0.4, 0.5) is 4.39 Å². The van der Waals surface area contributed by atoms with E-state index in [2.05, 4.69) is 0 Å². The van der Waals surface area contributed by atoms with Gasteiger partial charge in [0.15, 0.2) is 0 Å². The van der Waals surface area contributed by atoms with Gasteiger partial charge < -0.3 is 9.47 Å². The zero-order chi connectivity index (χ0) is 13.4. The summed E-state index contributed by atoms with van der Waals surface area (Å²) in [6.07, 6.45) is 0.196. The minimum Gasteiger partial charge on any atom is -0.461 e. The first kappa shape index (κ1) is 14.6. The monoisotopic (exact) mass is 254 g/mol. The lowest BCUT2D eigenvalue weighted by molar-refractivity contribution is -0.146. The van der Waals surface area contributed by atoms with E-state index in [4.69, 9.17) is 9.47 Å². The van der Waals surface area contributed by atoms with Gasteiger partial charge in [0.05, 0.1) is 13.0 Å². The van der Waals surface area contributed by atoms with E-state index >= 15 is 0 Å². The molecule has 3 nitrogen and oxygen atoms in total. The van der Waals surface area contributed by atoms with Gasteiger partial charge in [-0.25, -0.2) is 4.39 Å². The second-order valence-corrected chi connectivity index (χ2v) is 4.47. The van der Waals surface area contributed by atoms with Crippen molar-refractivity contribution < 1.29 is 18.7 Å². The Hall–Kier alpha value is -1.42. The predicted octanol–water partition coefficient (Wildman–Crippen LogP) is 2.93. The van der Waals surface area contributed by atoms with Gasteiger partial charge in [-0.3, -0.25) is 4.79 Å².